The zero-order valence-corrected chi connectivity index (χ0v) is 12.3. The first-order valence-corrected chi connectivity index (χ1v) is 8.48. The SMILES string of the molecule is O=C(O)CCOC1CCN(S(=O)(=O)N2CCCC2)CC1. The van der Waals surface area contributed by atoms with Crippen molar-refractivity contribution in [2.45, 2.75) is 38.2 Å². The molecule has 0 aromatic carbocycles. The van der Waals surface area contributed by atoms with Crippen LogP contribution in [0.3, 0.4) is 0 Å². The van der Waals surface area contributed by atoms with E-state index >= 15 is 0 Å². The van der Waals surface area contributed by atoms with Crippen LogP contribution < -0.4 is 0 Å². The summed E-state index contributed by atoms with van der Waals surface area (Å²) in [5.74, 6) is -0.876. The van der Waals surface area contributed by atoms with E-state index in [1.54, 1.807) is 4.31 Å². The number of aliphatic carboxylic acids is 1. The smallest absolute Gasteiger partial charge is 0.305 e. The zero-order valence-electron chi connectivity index (χ0n) is 11.5. The van der Waals surface area contributed by atoms with Gasteiger partial charge in [0.25, 0.3) is 10.2 Å². The number of piperidine rings is 1. The first kappa shape index (κ1) is 15.7. The summed E-state index contributed by atoms with van der Waals surface area (Å²) in [6.07, 6.45) is 3.10. The number of ether oxygens (including phenoxy) is 1. The van der Waals surface area contributed by atoms with Crippen LogP contribution in [0, 0.1) is 0 Å². The van der Waals surface area contributed by atoms with Crippen molar-refractivity contribution in [3.63, 3.8) is 0 Å². The summed E-state index contributed by atoms with van der Waals surface area (Å²) in [5.41, 5.74) is 0. The van der Waals surface area contributed by atoms with E-state index in [4.69, 9.17) is 9.84 Å². The normalized spacial score (nSPS) is 23.2. The fraction of sp³-hybridized carbons (Fsp3) is 0.917. The molecule has 2 heterocycles. The highest BCUT2D eigenvalue weighted by Gasteiger charge is 2.34. The molecule has 0 unspecified atom stereocenters. The van der Waals surface area contributed by atoms with Gasteiger partial charge in [-0.05, 0) is 25.7 Å². The topological polar surface area (TPSA) is 87.1 Å². The maximum atomic E-state index is 12.3. The van der Waals surface area contributed by atoms with E-state index in [1.807, 2.05) is 0 Å². The van der Waals surface area contributed by atoms with E-state index in [0.717, 1.165) is 12.8 Å². The molecule has 0 radical (unpaired) electrons. The van der Waals surface area contributed by atoms with Gasteiger partial charge < -0.3 is 9.84 Å². The van der Waals surface area contributed by atoms with Crippen LogP contribution >= 0.6 is 0 Å². The molecule has 8 heteroatoms. The lowest BCUT2D eigenvalue weighted by Crippen LogP contribution is -2.47. The van der Waals surface area contributed by atoms with Crippen LogP contribution in [0.15, 0.2) is 0 Å². The lowest BCUT2D eigenvalue weighted by Gasteiger charge is -2.33. The Hall–Kier alpha value is -0.700. The third-order valence-electron chi connectivity index (χ3n) is 3.79. The molecule has 0 bridgehead atoms. The van der Waals surface area contributed by atoms with Gasteiger partial charge in [0.05, 0.1) is 19.1 Å². The molecule has 2 aliphatic rings. The van der Waals surface area contributed by atoms with Crippen LogP contribution in [0.4, 0.5) is 0 Å². The third-order valence-corrected chi connectivity index (χ3v) is 5.82. The molecule has 116 valence electrons. The molecule has 2 fully saturated rings. The van der Waals surface area contributed by atoms with E-state index in [1.165, 1.54) is 4.31 Å². The second-order valence-electron chi connectivity index (χ2n) is 5.23. The maximum absolute atomic E-state index is 12.3. The summed E-state index contributed by atoms with van der Waals surface area (Å²) in [6.45, 7) is 2.35. The number of carboxylic acids is 1. The van der Waals surface area contributed by atoms with E-state index in [0.29, 0.717) is 39.0 Å². The summed E-state index contributed by atoms with van der Waals surface area (Å²) < 4.78 is 33.2. The van der Waals surface area contributed by atoms with Gasteiger partial charge in [-0.2, -0.15) is 17.0 Å². The molecule has 2 aliphatic heterocycles. The van der Waals surface area contributed by atoms with Gasteiger partial charge in [-0.1, -0.05) is 0 Å². The summed E-state index contributed by atoms with van der Waals surface area (Å²) in [7, 11) is -3.30. The molecule has 0 saturated carbocycles. The van der Waals surface area contributed by atoms with Gasteiger partial charge in [0.15, 0.2) is 0 Å². The molecule has 1 N–H and O–H groups in total. The largest absolute Gasteiger partial charge is 0.481 e. The number of hydrogen-bond donors (Lipinski definition) is 1. The highest BCUT2D eigenvalue weighted by molar-refractivity contribution is 7.86. The number of carbonyl (C=O) groups is 1. The average molecular weight is 306 g/mol. The van der Waals surface area contributed by atoms with E-state index in [9.17, 15) is 13.2 Å². The minimum Gasteiger partial charge on any atom is -0.481 e. The fourth-order valence-corrected chi connectivity index (χ4v) is 4.34. The number of rotatable bonds is 6. The molecule has 20 heavy (non-hydrogen) atoms. The molecule has 2 rings (SSSR count). The Kier molecular flexibility index (Phi) is 5.36. The summed E-state index contributed by atoms with van der Waals surface area (Å²) in [6, 6.07) is 0. The van der Waals surface area contributed by atoms with Gasteiger partial charge >= 0.3 is 5.97 Å². The average Bonchev–Trinajstić information content (AvgIpc) is 2.93. The first-order valence-electron chi connectivity index (χ1n) is 7.09. The predicted molar refractivity (Wildman–Crippen MR) is 72.5 cm³/mol. The molecular weight excluding hydrogens is 284 g/mol. The molecule has 2 saturated heterocycles. The summed E-state index contributed by atoms with van der Waals surface area (Å²) in [5, 5.41) is 8.54. The fourth-order valence-electron chi connectivity index (χ4n) is 2.62. The predicted octanol–water partition coefficient (Wildman–Crippen LogP) is 0.283. The van der Waals surface area contributed by atoms with Crippen molar-refractivity contribution in [2.75, 3.05) is 32.8 Å². The van der Waals surface area contributed by atoms with Gasteiger partial charge in [-0.15, -0.1) is 0 Å². The second kappa shape index (κ2) is 6.84. The molecule has 0 aliphatic carbocycles. The van der Waals surface area contributed by atoms with Gasteiger partial charge in [-0.25, -0.2) is 0 Å². The van der Waals surface area contributed by atoms with Crippen molar-refractivity contribution in [3.05, 3.63) is 0 Å². The number of nitrogens with zero attached hydrogens (tertiary/aromatic N) is 2. The first-order chi connectivity index (χ1) is 9.50. The lowest BCUT2D eigenvalue weighted by molar-refractivity contribution is -0.138. The van der Waals surface area contributed by atoms with Crippen LogP contribution in [0.25, 0.3) is 0 Å². The van der Waals surface area contributed by atoms with Gasteiger partial charge in [0, 0.05) is 26.2 Å². The minimum atomic E-state index is -3.30. The Bertz CT molecular complexity index is 425. The standard InChI is InChI=1S/C12H22N2O5S/c15-12(16)5-10-19-11-3-8-14(9-4-11)20(17,18)13-6-1-2-7-13/h11H,1-10H2,(H,15,16). The van der Waals surface area contributed by atoms with Crippen molar-refractivity contribution in [1.82, 2.24) is 8.61 Å². The molecule has 0 spiro atoms. The maximum Gasteiger partial charge on any atom is 0.305 e. The Balaban J connectivity index is 1.77. The van der Waals surface area contributed by atoms with Crippen molar-refractivity contribution < 1.29 is 23.1 Å². The van der Waals surface area contributed by atoms with Crippen LogP contribution in [-0.4, -0.2) is 67.0 Å². The summed E-state index contributed by atoms with van der Waals surface area (Å²) >= 11 is 0. The Labute approximate surface area is 119 Å². The monoisotopic (exact) mass is 306 g/mol. The van der Waals surface area contributed by atoms with Crippen molar-refractivity contribution >= 4 is 16.2 Å². The van der Waals surface area contributed by atoms with Crippen molar-refractivity contribution in [1.29, 1.82) is 0 Å². The third kappa shape index (κ3) is 3.91. The van der Waals surface area contributed by atoms with Gasteiger partial charge in [0.2, 0.25) is 0 Å². The quantitative estimate of drug-likeness (QED) is 0.762. The minimum absolute atomic E-state index is 0.00765. The molecule has 0 aromatic rings. The van der Waals surface area contributed by atoms with Crippen LogP contribution in [-0.2, 0) is 19.7 Å². The Morgan fingerprint density at radius 1 is 1.10 bits per heavy atom. The molecule has 0 atom stereocenters. The highest BCUT2D eigenvalue weighted by atomic mass is 32.2. The molecule has 0 aromatic heterocycles. The number of hydrogen-bond acceptors (Lipinski definition) is 4. The molecule has 0 amide bonds. The highest BCUT2D eigenvalue weighted by Crippen LogP contribution is 2.22. The lowest BCUT2D eigenvalue weighted by atomic mass is 10.1. The molecule has 7 nitrogen and oxygen atoms in total. The summed E-state index contributed by atoms with van der Waals surface area (Å²) in [4.78, 5) is 10.4. The van der Waals surface area contributed by atoms with Crippen LogP contribution in [0.2, 0.25) is 0 Å². The van der Waals surface area contributed by atoms with E-state index in [-0.39, 0.29) is 19.1 Å². The Morgan fingerprint density at radius 2 is 1.65 bits per heavy atom. The van der Waals surface area contributed by atoms with E-state index < -0.39 is 16.2 Å². The Morgan fingerprint density at radius 3 is 2.20 bits per heavy atom. The van der Waals surface area contributed by atoms with Crippen LogP contribution in [0.5, 0.6) is 0 Å². The molecular formula is C12H22N2O5S. The second-order valence-corrected chi connectivity index (χ2v) is 7.16. The van der Waals surface area contributed by atoms with Crippen molar-refractivity contribution in [3.8, 4) is 0 Å². The van der Waals surface area contributed by atoms with E-state index in [2.05, 4.69) is 0 Å². The van der Waals surface area contributed by atoms with Gasteiger partial charge in [-0.3, -0.25) is 4.79 Å². The zero-order chi connectivity index (χ0) is 14.6. The van der Waals surface area contributed by atoms with Crippen molar-refractivity contribution in [2.24, 2.45) is 0 Å². The van der Waals surface area contributed by atoms with Crippen LogP contribution in [0.1, 0.15) is 32.1 Å². The van der Waals surface area contributed by atoms with Gasteiger partial charge in [0.1, 0.15) is 0 Å². The number of carboxylic acid groups (broad SMARTS) is 1.